The van der Waals surface area contributed by atoms with Crippen LogP contribution >= 0.6 is 11.3 Å². The van der Waals surface area contributed by atoms with E-state index in [9.17, 15) is 4.39 Å². The number of nitrogens with two attached hydrogens (primary N) is 1. The Morgan fingerprint density at radius 2 is 2.28 bits per heavy atom. The summed E-state index contributed by atoms with van der Waals surface area (Å²) in [5, 5.41) is 2.90. The van der Waals surface area contributed by atoms with E-state index < -0.39 is 0 Å². The predicted octanol–water partition coefficient (Wildman–Crippen LogP) is 3.02. The van der Waals surface area contributed by atoms with Crippen molar-refractivity contribution in [2.45, 2.75) is 12.8 Å². The zero-order valence-corrected chi connectivity index (χ0v) is 11.1. The SMILES string of the molecule is COc1ccc(-c2csc(C(C)CN)n2)cc1F. The van der Waals surface area contributed by atoms with Crippen LogP contribution in [0.5, 0.6) is 5.75 Å². The normalized spacial score (nSPS) is 12.4. The minimum atomic E-state index is -0.378. The van der Waals surface area contributed by atoms with Crippen LogP contribution in [-0.4, -0.2) is 18.6 Å². The highest BCUT2D eigenvalue weighted by atomic mass is 32.1. The molecule has 5 heteroatoms. The maximum atomic E-state index is 13.6. The number of methoxy groups -OCH3 is 1. The fourth-order valence-electron chi connectivity index (χ4n) is 1.57. The Morgan fingerprint density at radius 1 is 1.50 bits per heavy atom. The molecule has 0 spiro atoms. The van der Waals surface area contributed by atoms with E-state index in [1.54, 1.807) is 23.5 Å². The molecule has 2 aromatic rings. The summed E-state index contributed by atoms with van der Waals surface area (Å²) in [6, 6.07) is 4.84. The first-order chi connectivity index (χ1) is 8.65. The van der Waals surface area contributed by atoms with Crippen LogP contribution in [0.25, 0.3) is 11.3 Å². The number of thiazole rings is 1. The average Bonchev–Trinajstić information content (AvgIpc) is 2.87. The molecule has 1 aromatic carbocycles. The van der Waals surface area contributed by atoms with Gasteiger partial charge in [-0.15, -0.1) is 11.3 Å². The smallest absolute Gasteiger partial charge is 0.165 e. The molecule has 0 aliphatic carbocycles. The minimum Gasteiger partial charge on any atom is -0.494 e. The molecule has 3 nitrogen and oxygen atoms in total. The summed E-state index contributed by atoms with van der Waals surface area (Å²) in [7, 11) is 1.45. The van der Waals surface area contributed by atoms with Gasteiger partial charge in [0.2, 0.25) is 0 Å². The molecule has 1 aromatic heterocycles. The Bertz CT molecular complexity index is 542. The maximum absolute atomic E-state index is 13.6. The van der Waals surface area contributed by atoms with Crippen LogP contribution in [0, 0.1) is 5.82 Å². The van der Waals surface area contributed by atoms with Crippen molar-refractivity contribution in [3.8, 4) is 17.0 Å². The number of rotatable bonds is 4. The molecule has 18 heavy (non-hydrogen) atoms. The standard InChI is InChI=1S/C13H15FN2OS/c1-8(6-15)13-16-11(7-18-13)9-3-4-12(17-2)10(14)5-9/h3-5,7-8H,6,15H2,1-2H3. The lowest BCUT2D eigenvalue weighted by atomic mass is 10.1. The average molecular weight is 266 g/mol. The quantitative estimate of drug-likeness (QED) is 0.925. The van der Waals surface area contributed by atoms with Gasteiger partial charge >= 0.3 is 0 Å². The van der Waals surface area contributed by atoms with Crippen LogP contribution in [0.2, 0.25) is 0 Å². The third-order valence-corrected chi connectivity index (χ3v) is 3.82. The molecule has 0 saturated heterocycles. The van der Waals surface area contributed by atoms with Gasteiger partial charge in [0.15, 0.2) is 11.6 Å². The summed E-state index contributed by atoms with van der Waals surface area (Å²) >= 11 is 1.55. The van der Waals surface area contributed by atoms with Gasteiger partial charge in [0.05, 0.1) is 17.8 Å². The van der Waals surface area contributed by atoms with Crippen LogP contribution in [0.4, 0.5) is 4.39 Å². The molecular weight excluding hydrogens is 251 g/mol. The molecule has 0 fully saturated rings. The van der Waals surface area contributed by atoms with E-state index in [0.29, 0.717) is 6.54 Å². The van der Waals surface area contributed by atoms with Gasteiger partial charge in [-0.3, -0.25) is 0 Å². The monoisotopic (exact) mass is 266 g/mol. The van der Waals surface area contributed by atoms with Crippen molar-refractivity contribution in [2.24, 2.45) is 5.73 Å². The number of aromatic nitrogens is 1. The molecule has 0 bridgehead atoms. The molecular formula is C13H15FN2OS. The van der Waals surface area contributed by atoms with Crippen LogP contribution in [0.1, 0.15) is 17.8 Å². The molecule has 2 N–H and O–H groups in total. The Morgan fingerprint density at radius 3 is 2.89 bits per heavy atom. The third kappa shape index (κ3) is 2.52. The second kappa shape index (κ2) is 5.46. The summed E-state index contributed by atoms with van der Waals surface area (Å²) < 4.78 is 18.5. The van der Waals surface area contributed by atoms with Gasteiger partial charge in [-0.1, -0.05) is 6.92 Å². The molecule has 0 aliphatic heterocycles. The summed E-state index contributed by atoms with van der Waals surface area (Å²) in [6.07, 6.45) is 0. The first-order valence-electron chi connectivity index (χ1n) is 5.65. The highest BCUT2D eigenvalue weighted by Crippen LogP contribution is 2.28. The third-order valence-electron chi connectivity index (χ3n) is 2.74. The highest BCUT2D eigenvalue weighted by Gasteiger charge is 2.11. The maximum Gasteiger partial charge on any atom is 0.165 e. The first-order valence-corrected chi connectivity index (χ1v) is 6.53. The molecule has 0 amide bonds. The van der Waals surface area contributed by atoms with Crippen molar-refractivity contribution < 1.29 is 9.13 Å². The van der Waals surface area contributed by atoms with Gasteiger partial charge in [0.25, 0.3) is 0 Å². The lowest BCUT2D eigenvalue weighted by Crippen LogP contribution is -2.08. The van der Waals surface area contributed by atoms with Crippen LogP contribution in [0.15, 0.2) is 23.6 Å². The van der Waals surface area contributed by atoms with Crippen molar-refractivity contribution in [1.82, 2.24) is 4.98 Å². The summed E-state index contributed by atoms with van der Waals surface area (Å²) in [5.41, 5.74) is 7.13. The van der Waals surface area contributed by atoms with Gasteiger partial charge in [-0.2, -0.15) is 0 Å². The van der Waals surface area contributed by atoms with Gasteiger partial charge in [-0.25, -0.2) is 9.37 Å². The van der Waals surface area contributed by atoms with E-state index in [4.69, 9.17) is 10.5 Å². The number of hydrogen-bond donors (Lipinski definition) is 1. The van der Waals surface area contributed by atoms with Crippen molar-refractivity contribution in [3.05, 3.63) is 34.4 Å². The Balaban J connectivity index is 2.31. The largest absolute Gasteiger partial charge is 0.494 e. The molecule has 0 aliphatic rings. The Kier molecular flexibility index (Phi) is 3.93. The molecule has 2 rings (SSSR count). The van der Waals surface area contributed by atoms with E-state index in [0.717, 1.165) is 16.3 Å². The summed E-state index contributed by atoms with van der Waals surface area (Å²) in [6.45, 7) is 2.58. The second-order valence-electron chi connectivity index (χ2n) is 4.06. The van der Waals surface area contributed by atoms with Crippen molar-refractivity contribution >= 4 is 11.3 Å². The molecule has 96 valence electrons. The molecule has 1 unspecified atom stereocenters. The predicted molar refractivity (Wildman–Crippen MR) is 71.5 cm³/mol. The van der Waals surface area contributed by atoms with Gasteiger partial charge in [0.1, 0.15) is 0 Å². The summed E-state index contributed by atoms with van der Waals surface area (Å²) in [4.78, 5) is 4.48. The number of halogens is 1. The molecule has 1 atom stereocenters. The number of ether oxygens (including phenoxy) is 1. The number of nitrogens with zero attached hydrogens (tertiary/aromatic N) is 1. The number of benzene rings is 1. The van der Waals surface area contributed by atoms with Crippen LogP contribution in [-0.2, 0) is 0 Å². The van der Waals surface area contributed by atoms with Crippen molar-refractivity contribution in [2.75, 3.05) is 13.7 Å². The summed E-state index contributed by atoms with van der Waals surface area (Å²) in [5.74, 6) is 0.0906. The first kappa shape index (κ1) is 13.0. The molecule has 1 heterocycles. The zero-order chi connectivity index (χ0) is 13.1. The Labute approximate surface area is 109 Å². The van der Waals surface area contributed by atoms with E-state index in [1.807, 2.05) is 12.3 Å². The lowest BCUT2D eigenvalue weighted by molar-refractivity contribution is 0.386. The fourth-order valence-corrected chi connectivity index (χ4v) is 2.47. The minimum absolute atomic E-state index is 0.229. The van der Waals surface area contributed by atoms with E-state index in [-0.39, 0.29) is 17.5 Å². The second-order valence-corrected chi connectivity index (χ2v) is 4.95. The van der Waals surface area contributed by atoms with E-state index in [2.05, 4.69) is 4.98 Å². The van der Waals surface area contributed by atoms with Gasteiger partial charge in [-0.05, 0) is 18.2 Å². The van der Waals surface area contributed by atoms with Crippen LogP contribution < -0.4 is 10.5 Å². The van der Waals surface area contributed by atoms with Crippen LogP contribution in [0.3, 0.4) is 0 Å². The van der Waals surface area contributed by atoms with Gasteiger partial charge < -0.3 is 10.5 Å². The Hall–Kier alpha value is -1.46. The van der Waals surface area contributed by atoms with Gasteiger partial charge in [0, 0.05) is 23.4 Å². The molecule has 0 radical (unpaired) electrons. The number of hydrogen-bond acceptors (Lipinski definition) is 4. The van der Waals surface area contributed by atoms with Crippen molar-refractivity contribution in [1.29, 1.82) is 0 Å². The fraction of sp³-hybridized carbons (Fsp3) is 0.308. The van der Waals surface area contributed by atoms with E-state index in [1.165, 1.54) is 13.2 Å². The van der Waals surface area contributed by atoms with E-state index >= 15 is 0 Å². The topological polar surface area (TPSA) is 48.1 Å². The van der Waals surface area contributed by atoms with Crippen molar-refractivity contribution in [3.63, 3.8) is 0 Å². The zero-order valence-electron chi connectivity index (χ0n) is 10.3. The highest BCUT2D eigenvalue weighted by molar-refractivity contribution is 7.10. The molecule has 0 saturated carbocycles. The lowest BCUT2D eigenvalue weighted by Gasteiger charge is -2.04.